The van der Waals surface area contributed by atoms with Crippen LogP contribution in [0.3, 0.4) is 0 Å². The molecule has 4 aromatic rings. The predicted molar refractivity (Wildman–Crippen MR) is 109 cm³/mol. The third-order valence-electron chi connectivity index (χ3n) is 5.38. The number of nitrogens with zero attached hydrogens (tertiary/aromatic N) is 6. The van der Waals surface area contributed by atoms with Gasteiger partial charge in [0.05, 0.1) is 11.6 Å². The van der Waals surface area contributed by atoms with Crippen molar-refractivity contribution in [3.63, 3.8) is 0 Å². The molecule has 0 saturated carbocycles. The van der Waals surface area contributed by atoms with Crippen LogP contribution in [0.5, 0.6) is 0 Å². The van der Waals surface area contributed by atoms with Gasteiger partial charge in [-0.05, 0) is 49.2 Å². The number of rotatable bonds is 4. The van der Waals surface area contributed by atoms with E-state index >= 15 is 0 Å². The van der Waals surface area contributed by atoms with Gasteiger partial charge in [-0.25, -0.2) is 14.1 Å². The van der Waals surface area contributed by atoms with Gasteiger partial charge in [0.2, 0.25) is 11.7 Å². The van der Waals surface area contributed by atoms with E-state index in [4.69, 9.17) is 4.52 Å². The molecule has 1 aliphatic heterocycles. The first-order valence-electron chi connectivity index (χ1n) is 10.0. The number of carbonyl (C=O) groups excluding carboxylic acids is 1. The molecule has 0 spiro atoms. The highest BCUT2D eigenvalue weighted by atomic mass is 19.1. The average molecular weight is 418 g/mol. The molecule has 156 valence electrons. The lowest BCUT2D eigenvalue weighted by atomic mass is 9.97. The Morgan fingerprint density at radius 3 is 2.81 bits per heavy atom. The fraction of sp³-hybridized carbons (Fsp3) is 0.227. The topological polar surface area (TPSA) is 89.9 Å². The summed E-state index contributed by atoms with van der Waals surface area (Å²) in [5.41, 5.74) is 2.00. The molecule has 1 fully saturated rings. The zero-order valence-corrected chi connectivity index (χ0v) is 16.6. The molecule has 0 aliphatic carbocycles. The molecule has 1 amide bonds. The summed E-state index contributed by atoms with van der Waals surface area (Å²) in [6, 6.07) is 13.3. The van der Waals surface area contributed by atoms with Crippen molar-refractivity contribution in [2.75, 3.05) is 13.1 Å². The number of piperidine rings is 1. The van der Waals surface area contributed by atoms with Crippen molar-refractivity contribution in [1.29, 1.82) is 0 Å². The van der Waals surface area contributed by atoms with Crippen LogP contribution in [0.25, 0.3) is 17.1 Å². The average Bonchev–Trinajstić information content (AvgIpc) is 3.52. The lowest BCUT2D eigenvalue weighted by Gasteiger charge is -2.31. The lowest BCUT2D eigenvalue weighted by molar-refractivity contribution is 0.0695. The second kappa shape index (κ2) is 8.10. The summed E-state index contributed by atoms with van der Waals surface area (Å²) in [5, 5.41) is 8.08. The van der Waals surface area contributed by atoms with Gasteiger partial charge >= 0.3 is 0 Å². The molecule has 2 aromatic carbocycles. The van der Waals surface area contributed by atoms with Gasteiger partial charge in [0.15, 0.2) is 0 Å². The number of aromatic nitrogens is 5. The highest BCUT2D eigenvalue weighted by molar-refractivity contribution is 5.94. The Morgan fingerprint density at radius 2 is 2.03 bits per heavy atom. The molecule has 1 saturated heterocycles. The minimum atomic E-state index is -0.354. The smallest absolute Gasteiger partial charge is 0.253 e. The van der Waals surface area contributed by atoms with Crippen molar-refractivity contribution in [2.24, 2.45) is 0 Å². The van der Waals surface area contributed by atoms with Crippen molar-refractivity contribution in [2.45, 2.75) is 18.8 Å². The SMILES string of the molecule is O=C(c1ccc(-n2cncn2)cc1)N1CCCC(c2nc(-c3cccc(F)c3)no2)C1. The van der Waals surface area contributed by atoms with Gasteiger partial charge in [0.1, 0.15) is 18.5 Å². The predicted octanol–water partition coefficient (Wildman–Crippen LogP) is 3.48. The molecule has 2 aromatic heterocycles. The summed E-state index contributed by atoms with van der Waals surface area (Å²) in [6.45, 7) is 1.17. The van der Waals surface area contributed by atoms with Crippen molar-refractivity contribution in [3.05, 3.63) is 78.5 Å². The molecular formula is C22H19FN6O2. The molecule has 1 atom stereocenters. The highest BCUT2D eigenvalue weighted by Crippen LogP contribution is 2.28. The number of halogens is 1. The zero-order valence-electron chi connectivity index (χ0n) is 16.6. The molecule has 0 bridgehead atoms. The highest BCUT2D eigenvalue weighted by Gasteiger charge is 2.29. The van der Waals surface area contributed by atoms with Crippen LogP contribution < -0.4 is 0 Å². The monoisotopic (exact) mass is 418 g/mol. The molecule has 3 heterocycles. The molecule has 5 rings (SSSR count). The first-order chi connectivity index (χ1) is 15.2. The largest absolute Gasteiger partial charge is 0.339 e. The van der Waals surface area contributed by atoms with Gasteiger partial charge in [-0.3, -0.25) is 4.79 Å². The normalized spacial score (nSPS) is 16.4. The number of hydrogen-bond acceptors (Lipinski definition) is 6. The van der Waals surface area contributed by atoms with Crippen LogP contribution in [0, 0.1) is 5.82 Å². The van der Waals surface area contributed by atoms with Crippen LogP contribution in [0.4, 0.5) is 4.39 Å². The quantitative estimate of drug-likeness (QED) is 0.504. The number of likely N-dealkylation sites (tertiary alicyclic amines) is 1. The van der Waals surface area contributed by atoms with Crippen molar-refractivity contribution in [1.82, 2.24) is 29.8 Å². The Kier molecular flexibility index (Phi) is 4.99. The van der Waals surface area contributed by atoms with Gasteiger partial charge in [-0.1, -0.05) is 17.3 Å². The Hall–Kier alpha value is -3.88. The first-order valence-corrected chi connectivity index (χ1v) is 10.0. The van der Waals surface area contributed by atoms with E-state index in [0.29, 0.717) is 35.9 Å². The van der Waals surface area contributed by atoms with Crippen molar-refractivity contribution < 1.29 is 13.7 Å². The van der Waals surface area contributed by atoms with Crippen LogP contribution in [0.15, 0.2) is 65.7 Å². The maximum Gasteiger partial charge on any atom is 0.253 e. The summed E-state index contributed by atoms with van der Waals surface area (Å²) in [4.78, 5) is 23.2. The van der Waals surface area contributed by atoms with Gasteiger partial charge in [0, 0.05) is 24.2 Å². The standard InChI is InChI=1S/C22H19FN6O2/c23-18-5-1-3-16(11-18)20-26-21(31-27-20)17-4-2-10-28(12-17)22(30)15-6-8-19(9-7-15)29-14-24-13-25-29/h1,3,5-9,11,13-14,17H,2,4,10,12H2. The van der Waals surface area contributed by atoms with Crippen molar-refractivity contribution >= 4 is 5.91 Å². The third-order valence-corrected chi connectivity index (χ3v) is 5.38. The summed E-state index contributed by atoms with van der Waals surface area (Å²) in [5.74, 6) is 0.370. The van der Waals surface area contributed by atoms with E-state index in [2.05, 4.69) is 20.2 Å². The lowest BCUT2D eigenvalue weighted by Crippen LogP contribution is -2.39. The van der Waals surface area contributed by atoms with E-state index in [1.54, 1.807) is 35.3 Å². The van der Waals surface area contributed by atoms with E-state index in [1.807, 2.05) is 17.0 Å². The second-order valence-electron chi connectivity index (χ2n) is 7.44. The molecule has 8 nitrogen and oxygen atoms in total. The maximum atomic E-state index is 13.5. The molecule has 0 radical (unpaired) electrons. The van der Waals surface area contributed by atoms with Gasteiger partial charge in [-0.2, -0.15) is 10.1 Å². The zero-order chi connectivity index (χ0) is 21.2. The van der Waals surface area contributed by atoms with Gasteiger partial charge in [0.25, 0.3) is 5.91 Å². The number of hydrogen-bond donors (Lipinski definition) is 0. The van der Waals surface area contributed by atoms with E-state index < -0.39 is 0 Å². The molecule has 1 unspecified atom stereocenters. The summed E-state index contributed by atoms with van der Waals surface area (Å²) in [6.07, 6.45) is 4.75. The molecule has 9 heteroatoms. The minimum absolute atomic E-state index is 0.0419. The Labute approximate surface area is 177 Å². The van der Waals surface area contributed by atoms with Gasteiger partial charge in [-0.15, -0.1) is 0 Å². The van der Waals surface area contributed by atoms with E-state index in [0.717, 1.165) is 18.5 Å². The van der Waals surface area contributed by atoms with Crippen molar-refractivity contribution in [3.8, 4) is 17.1 Å². The summed E-state index contributed by atoms with van der Waals surface area (Å²) >= 11 is 0. The Bertz CT molecular complexity index is 1190. The Morgan fingerprint density at radius 1 is 1.16 bits per heavy atom. The molecule has 31 heavy (non-hydrogen) atoms. The fourth-order valence-electron chi connectivity index (χ4n) is 3.79. The van der Waals surface area contributed by atoms with Gasteiger partial charge < -0.3 is 9.42 Å². The number of benzene rings is 2. The van der Waals surface area contributed by atoms with Crippen LogP contribution in [-0.4, -0.2) is 48.8 Å². The van der Waals surface area contributed by atoms with Crippen LogP contribution in [0.1, 0.15) is 35.0 Å². The second-order valence-corrected chi connectivity index (χ2v) is 7.44. The number of carbonyl (C=O) groups is 1. The van der Waals surface area contributed by atoms with E-state index in [-0.39, 0.29) is 17.6 Å². The maximum absolute atomic E-state index is 13.5. The molecule has 0 N–H and O–H groups in total. The summed E-state index contributed by atoms with van der Waals surface area (Å²) in [7, 11) is 0. The third kappa shape index (κ3) is 3.94. The summed E-state index contributed by atoms with van der Waals surface area (Å²) < 4.78 is 20.6. The van der Waals surface area contributed by atoms with Crippen LogP contribution >= 0.6 is 0 Å². The fourth-order valence-corrected chi connectivity index (χ4v) is 3.79. The minimum Gasteiger partial charge on any atom is -0.339 e. The van der Waals surface area contributed by atoms with E-state index in [9.17, 15) is 9.18 Å². The number of amides is 1. The van der Waals surface area contributed by atoms with E-state index in [1.165, 1.54) is 18.5 Å². The van der Waals surface area contributed by atoms with Crippen LogP contribution in [-0.2, 0) is 0 Å². The molecular weight excluding hydrogens is 399 g/mol. The Balaban J connectivity index is 1.30. The first kappa shape index (κ1) is 19.1. The van der Waals surface area contributed by atoms with Crippen LogP contribution in [0.2, 0.25) is 0 Å². The molecule has 1 aliphatic rings.